The second-order valence-electron chi connectivity index (χ2n) is 6.44. The molecule has 0 amide bonds. The van der Waals surface area contributed by atoms with Crippen molar-refractivity contribution in [3.63, 3.8) is 0 Å². The van der Waals surface area contributed by atoms with Crippen molar-refractivity contribution in [1.82, 2.24) is 4.31 Å². The molecule has 11 heteroatoms. The van der Waals surface area contributed by atoms with Gasteiger partial charge in [0, 0.05) is 19.2 Å². The number of sulfone groups is 1. The molecule has 26 heavy (non-hydrogen) atoms. The summed E-state index contributed by atoms with van der Waals surface area (Å²) < 4.78 is 96.5. The molecule has 146 valence electrons. The molecule has 2 heterocycles. The number of halogens is 3. The molecule has 2 aliphatic heterocycles. The Hall–Kier alpha value is -1.17. The van der Waals surface area contributed by atoms with Crippen LogP contribution >= 0.6 is 0 Å². The van der Waals surface area contributed by atoms with Gasteiger partial charge in [0.25, 0.3) is 0 Å². The quantitative estimate of drug-likeness (QED) is 0.683. The summed E-state index contributed by atoms with van der Waals surface area (Å²) in [6.45, 7) is 0.280. The number of rotatable bonds is 5. The molecular weight excluding hydrogens is 395 g/mol. The first-order valence-corrected chi connectivity index (χ1v) is 11.4. The number of nitrogens with zero attached hydrogens (tertiary/aromatic N) is 1. The maximum absolute atomic E-state index is 14.1. The van der Waals surface area contributed by atoms with E-state index in [4.69, 9.17) is 4.74 Å². The van der Waals surface area contributed by atoms with E-state index in [-0.39, 0.29) is 18.7 Å². The van der Waals surface area contributed by atoms with Crippen molar-refractivity contribution in [3.8, 4) is 0 Å². The maximum Gasteiger partial charge on any atom is 0.246 e. The van der Waals surface area contributed by atoms with Crippen LogP contribution in [0.25, 0.3) is 0 Å². The highest BCUT2D eigenvalue weighted by atomic mass is 32.2. The SMILES string of the molecule is O=S1(=O)CC[C@@H](N(C[C@@H]2CCCO2)S(=O)(=O)c2ccc(F)c(F)c2F)C1. The first kappa shape index (κ1) is 19.6. The Labute approximate surface area is 149 Å². The number of hydrogen-bond acceptors (Lipinski definition) is 5. The molecule has 1 aromatic carbocycles. The normalized spacial score (nSPS) is 25.8. The number of benzene rings is 1. The highest BCUT2D eigenvalue weighted by molar-refractivity contribution is 7.92. The fourth-order valence-electron chi connectivity index (χ4n) is 3.27. The van der Waals surface area contributed by atoms with Gasteiger partial charge in [0.15, 0.2) is 27.3 Å². The average molecular weight is 413 g/mol. The summed E-state index contributed by atoms with van der Waals surface area (Å²) in [5.41, 5.74) is 0. The van der Waals surface area contributed by atoms with E-state index < -0.39 is 60.1 Å². The zero-order valence-electron chi connectivity index (χ0n) is 13.7. The van der Waals surface area contributed by atoms with Gasteiger partial charge in [-0.15, -0.1) is 0 Å². The summed E-state index contributed by atoms with van der Waals surface area (Å²) in [4.78, 5) is -1.02. The van der Waals surface area contributed by atoms with E-state index in [9.17, 15) is 30.0 Å². The molecule has 2 saturated heterocycles. The van der Waals surface area contributed by atoms with Gasteiger partial charge in [0.1, 0.15) is 4.90 Å². The Balaban J connectivity index is 2.00. The van der Waals surface area contributed by atoms with Crippen molar-refractivity contribution < 1.29 is 34.7 Å². The summed E-state index contributed by atoms with van der Waals surface area (Å²) in [7, 11) is -8.00. The van der Waals surface area contributed by atoms with E-state index in [1.54, 1.807) is 0 Å². The summed E-state index contributed by atoms with van der Waals surface area (Å²) in [6, 6.07) is 0.275. The van der Waals surface area contributed by atoms with Crippen LogP contribution < -0.4 is 0 Å². The molecule has 2 atom stereocenters. The Morgan fingerprint density at radius 1 is 1.15 bits per heavy atom. The molecule has 0 aliphatic carbocycles. The van der Waals surface area contributed by atoms with E-state index in [2.05, 4.69) is 0 Å². The fourth-order valence-corrected chi connectivity index (χ4v) is 6.84. The lowest BCUT2D eigenvalue weighted by Gasteiger charge is -2.29. The van der Waals surface area contributed by atoms with Crippen molar-refractivity contribution in [2.45, 2.75) is 36.3 Å². The summed E-state index contributed by atoms with van der Waals surface area (Å²) in [6.07, 6.45) is 0.897. The van der Waals surface area contributed by atoms with Gasteiger partial charge in [-0.2, -0.15) is 4.31 Å². The van der Waals surface area contributed by atoms with Crippen molar-refractivity contribution in [2.75, 3.05) is 24.7 Å². The second kappa shape index (κ2) is 7.10. The molecule has 1 aromatic rings. The summed E-state index contributed by atoms with van der Waals surface area (Å²) in [5.74, 6) is -5.79. The van der Waals surface area contributed by atoms with Crippen LogP contribution in [0.1, 0.15) is 19.3 Å². The Bertz CT molecular complexity index is 898. The van der Waals surface area contributed by atoms with E-state index in [0.29, 0.717) is 25.2 Å². The molecule has 0 unspecified atom stereocenters. The fraction of sp³-hybridized carbons (Fsp3) is 0.600. The van der Waals surface area contributed by atoms with Crippen molar-refractivity contribution in [1.29, 1.82) is 0 Å². The van der Waals surface area contributed by atoms with Crippen LogP contribution in [-0.4, -0.2) is 57.9 Å². The van der Waals surface area contributed by atoms with Gasteiger partial charge in [-0.1, -0.05) is 0 Å². The standard InChI is InChI=1S/C15H18F3NO5S2/c16-12-3-4-13(15(18)14(12)17)26(22,23)19(8-11-2-1-6-24-11)10-5-7-25(20,21)9-10/h3-4,10-11H,1-2,5-9H2/t10-,11+/m1/s1. The molecule has 0 saturated carbocycles. The van der Waals surface area contributed by atoms with Crippen LogP contribution in [0.15, 0.2) is 17.0 Å². The van der Waals surface area contributed by atoms with E-state index in [1.165, 1.54) is 0 Å². The zero-order chi connectivity index (χ0) is 19.1. The third-order valence-corrected chi connectivity index (χ3v) is 8.30. The molecule has 0 spiro atoms. The van der Waals surface area contributed by atoms with Gasteiger partial charge in [-0.25, -0.2) is 30.0 Å². The van der Waals surface area contributed by atoms with Crippen LogP contribution in [-0.2, 0) is 24.6 Å². The van der Waals surface area contributed by atoms with Gasteiger partial charge in [-0.3, -0.25) is 0 Å². The van der Waals surface area contributed by atoms with Crippen LogP contribution in [0.5, 0.6) is 0 Å². The van der Waals surface area contributed by atoms with Gasteiger partial charge in [0.05, 0.1) is 17.6 Å². The summed E-state index contributed by atoms with van der Waals surface area (Å²) >= 11 is 0. The first-order chi connectivity index (χ1) is 12.1. The topological polar surface area (TPSA) is 80.8 Å². The molecule has 6 nitrogen and oxygen atoms in total. The van der Waals surface area contributed by atoms with Crippen LogP contribution in [0.2, 0.25) is 0 Å². The number of hydrogen-bond donors (Lipinski definition) is 0. The van der Waals surface area contributed by atoms with Crippen LogP contribution in [0, 0.1) is 17.5 Å². The van der Waals surface area contributed by atoms with Crippen LogP contribution in [0.3, 0.4) is 0 Å². The lowest BCUT2D eigenvalue weighted by Crippen LogP contribution is -2.45. The largest absolute Gasteiger partial charge is 0.377 e. The molecule has 0 N–H and O–H groups in total. The predicted molar refractivity (Wildman–Crippen MR) is 86.2 cm³/mol. The van der Waals surface area contributed by atoms with E-state index in [1.807, 2.05) is 0 Å². The third kappa shape index (κ3) is 3.75. The molecule has 0 aromatic heterocycles. The Kier molecular flexibility index (Phi) is 5.35. The van der Waals surface area contributed by atoms with Crippen molar-refractivity contribution in [3.05, 3.63) is 29.6 Å². The number of ether oxygens (including phenoxy) is 1. The molecule has 3 rings (SSSR count). The van der Waals surface area contributed by atoms with Gasteiger partial charge in [0.2, 0.25) is 10.0 Å². The monoisotopic (exact) mass is 413 g/mol. The lowest BCUT2D eigenvalue weighted by atomic mass is 10.2. The molecular formula is C15H18F3NO5S2. The number of sulfonamides is 1. The second-order valence-corrected chi connectivity index (χ2v) is 10.5. The van der Waals surface area contributed by atoms with Crippen molar-refractivity contribution in [2.24, 2.45) is 0 Å². The Morgan fingerprint density at radius 2 is 1.88 bits per heavy atom. The average Bonchev–Trinajstić information content (AvgIpc) is 3.19. The molecule has 0 bridgehead atoms. The maximum atomic E-state index is 14.1. The predicted octanol–water partition coefficient (Wildman–Crippen LogP) is 1.46. The summed E-state index contributed by atoms with van der Waals surface area (Å²) in [5, 5.41) is 0. The Morgan fingerprint density at radius 3 is 2.46 bits per heavy atom. The smallest absolute Gasteiger partial charge is 0.246 e. The molecule has 2 aliphatic rings. The van der Waals surface area contributed by atoms with E-state index in [0.717, 1.165) is 10.7 Å². The molecule has 0 radical (unpaired) electrons. The van der Waals surface area contributed by atoms with Gasteiger partial charge >= 0.3 is 0 Å². The van der Waals surface area contributed by atoms with Gasteiger partial charge in [-0.05, 0) is 31.4 Å². The highest BCUT2D eigenvalue weighted by Gasteiger charge is 2.41. The van der Waals surface area contributed by atoms with Crippen molar-refractivity contribution >= 4 is 19.9 Å². The first-order valence-electron chi connectivity index (χ1n) is 8.09. The van der Waals surface area contributed by atoms with Gasteiger partial charge < -0.3 is 4.74 Å². The van der Waals surface area contributed by atoms with E-state index >= 15 is 0 Å². The highest BCUT2D eigenvalue weighted by Crippen LogP contribution is 2.29. The lowest BCUT2D eigenvalue weighted by molar-refractivity contribution is 0.0876. The van der Waals surface area contributed by atoms with Crippen LogP contribution in [0.4, 0.5) is 13.2 Å². The third-order valence-electron chi connectivity index (χ3n) is 4.61. The zero-order valence-corrected chi connectivity index (χ0v) is 15.3. The minimum Gasteiger partial charge on any atom is -0.377 e. The minimum absolute atomic E-state index is 0.0551. The minimum atomic E-state index is -4.58. The molecule has 2 fully saturated rings.